The Bertz CT molecular complexity index is 659. The molecule has 0 aromatic heterocycles. The number of hydrogen-bond acceptors (Lipinski definition) is 3. The molecule has 5 heteroatoms. The van der Waals surface area contributed by atoms with Gasteiger partial charge in [0.05, 0.1) is 5.60 Å². The molecule has 0 saturated heterocycles. The first-order valence-corrected chi connectivity index (χ1v) is 9.27. The van der Waals surface area contributed by atoms with Crippen LogP contribution in [0.2, 0.25) is 0 Å². The van der Waals surface area contributed by atoms with Crippen LogP contribution >= 0.6 is 11.8 Å². The van der Waals surface area contributed by atoms with Crippen molar-refractivity contribution < 1.29 is 9.90 Å². The van der Waals surface area contributed by atoms with E-state index in [0.29, 0.717) is 5.75 Å². The van der Waals surface area contributed by atoms with Gasteiger partial charge in [0.2, 0.25) is 0 Å². The molecule has 2 rings (SSSR count). The first-order valence-electron chi connectivity index (χ1n) is 7.88. The van der Waals surface area contributed by atoms with Crippen LogP contribution in [0.15, 0.2) is 54.6 Å². The van der Waals surface area contributed by atoms with Gasteiger partial charge in [-0.25, -0.2) is 4.79 Å². The Labute approximate surface area is 147 Å². The number of carbonyl (C=O) groups is 1. The van der Waals surface area contributed by atoms with E-state index in [0.717, 1.165) is 17.7 Å². The molecule has 0 radical (unpaired) electrons. The molecule has 0 bridgehead atoms. The average Bonchev–Trinajstić information content (AvgIpc) is 2.56. The van der Waals surface area contributed by atoms with Crippen LogP contribution in [0, 0.1) is 0 Å². The highest BCUT2D eigenvalue weighted by molar-refractivity contribution is 7.98. The van der Waals surface area contributed by atoms with E-state index in [1.54, 1.807) is 18.7 Å². The molecule has 0 heterocycles. The second kappa shape index (κ2) is 8.76. The summed E-state index contributed by atoms with van der Waals surface area (Å²) in [4.78, 5) is 12.1. The molecule has 128 valence electrons. The van der Waals surface area contributed by atoms with E-state index < -0.39 is 5.60 Å². The summed E-state index contributed by atoms with van der Waals surface area (Å²) in [6.45, 7) is 1.92. The molecule has 0 aliphatic carbocycles. The molecular weight excluding hydrogens is 320 g/mol. The third-order valence-corrected chi connectivity index (χ3v) is 4.50. The fourth-order valence-electron chi connectivity index (χ4n) is 2.41. The summed E-state index contributed by atoms with van der Waals surface area (Å²) in [6.07, 6.45) is 2.68. The molecule has 2 aromatic carbocycles. The van der Waals surface area contributed by atoms with E-state index in [1.165, 1.54) is 5.56 Å². The van der Waals surface area contributed by atoms with Gasteiger partial charge < -0.3 is 15.7 Å². The molecule has 2 amide bonds. The number of thioether (sulfide) groups is 1. The highest BCUT2D eigenvalue weighted by atomic mass is 32.2. The second-order valence-electron chi connectivity index (χ2n) is 6.06. The van der Waals surface area contributed by atoms with Gasteiger partial charge in [0.15, 0.2) is 0 Å². The minimum atomic E-state index is -0.916. The number of hydrogen-bond donors (Lipinski definition) is 3. The molecule has 0 spiro atoms. The number of carbonyl (C=O) groups excluding carboxylic acids is 1. The Morgan fingerprint density at radius 3 is 2.50 bits per heavy atom. The van der Waals surface area contributed by atoms with Gasteiger partial charge in [0.25, 0.3) is 0 Å². The van der Waals surface area contributed by atoms with Gasteiger partial charge in [-0.3, -0.25) is 0 Å². The van der Waals surface area contributed by atoms with Crippen LogP contribution in [0.4, 0.5) is 10.5 Å². The molecule has 2 aromatic rings. The van der Waals surface area contributed by atoms with Crippen LogP contribution < -0.4 is 10.6 Å². The number of anilines is 1. The third-order valence-electron chi connectivity index (χ3n) is 3.59. The smallest absolute Gasteiger partial charge is 0.319 e. The summed E-state index contributed by atoms with van der Waals surface area (Å²) < 4.78 is 0. The molecule has 0 unspecified atom stereocenters. The molecule has 3 N–H and O–H groups in total. The number of aliphatic hydroxyl groups is 1. The lowest BCUT2D eigenvalue weighted by atomic mass is 10.0. The number of nitrogens with one attached hydrogen (secondary N) is 2. The zero-order valence-corrected chi connectivity index (χ0v) is 14.9. The molecular formula is C19H24N2O2S. The monoisotopic (exact) mass is 344 g/mol. The lowest BCUT2D eigenvalue weighted by molar-refractivity contribution is 0.0876. The Hall–Kier alpha value is -1.98. The van der Waals surface area contributed by atoms with Crippen LogP contribution in [-0.2, 0) is 6.42 Å². The molecule has 0 aliphatic rings. The fraction of sp³-hybridized carbons (Fsp3) is 0.316. The van der Waals surface area contributed by atoms with Gasteiger partial charge in [-0.1, -0.05) is 48.5 Å². The van der Waals surface area contributed by atoms with Gasteiger partial charge in [0.1, 0.15) is 0 Å². The largest absolute Gasteiger partial charge is 0.387 e. The van der Waals surface area contributed by atoms with Crippen molar-refractivity contribution in [2.45, 2.75) is 18.9 Å². The zero-order chi connectivity index (χ0) is 17.4. The first-order chi connectivity index (χ1) is 11.5. The van der Waals surface area contributed by atoms with E-state index in [1.807, 2.05) is 48.7 Å². The number of para-hydroxylation sites is 1. The highest BCUT2D eigenvalue weighted by Gasteiger charge is 2.20. The van der Waals surface area contributed by atoms with E-state index in [-0.39, 0.29) is 12.6 Å². The van der Waals surface area contributed by atoms with Crippen molar-refractivity contribution in [3.63, 3.8) is 0 Å². The molecule has 0 aliphatic heterocycles. The third kappa shape index (κ3) is 5.91. The molecule has 24 heavy (non-hydrogen) atoms. The highest BCUT2D eigenvalue weighted by Crippen LogP contribution is 2.19. The fourth-order valence-corrected chi connectivity index (χ4v) is 3.14. The maximum Gasteiger partial charge on any atom is 0.319 e. The van der Waals surface area contributed by atoms with Crippen molar-refractivity contribution in [2.24, 2.45) is 0 Å². The van der Waals surface area contributed by atoms with Gasteiger partial charge in [-0.15, -0.1) is 0 Å². The van der Waals surface area contributed by atoms with E-state index >= 15 is 0 Å². The topological polar surface area (TPSA) is 61.4 Å². The number of benzene rings is 2. The molecule has 0 fully saturated rings. The zero-order valence-electron chi connectivity index (χ0n) is 14.1. The van der Waals surface area contributed by atoms with Crippen LogP contribution in [0.5, 0.6) is 0 Å². The average molecular weight is 344 g/mol. The van der Waals surface area contributed by atoms with Crippen LogP contribution in [0.25, 0.3) is 0 Å². The number of amides is 2. The summed E-state index contributed by atoms with van der Waals surface area (Å²) >= 11 is 1.55. The van der Waals surface area contributed by atoms with Crippen LogP contribution in [-0.4, -0.2) is 35.3 Å². The number of urea groups is 1. The van der Waals surface area contributed by atoms with Crippen LogP contribution in [0.1, 0.15) is 18.1 Å². The standard InChI is InChI=1S/C19H24N2O2S/c1-19(23,14-24-2)13-20-18(22)21-17-11-7-6-10-16(17)12-15-8-4-3-5-9-15/h3-11,23H,12-14H2,1-2H3,(H2,20,21,22)/t19-/m1/s1. The summed E-state index contributed by atoms with van der Waals surface area (Å²) in [5.74, 6) is 0.567. The predicted octanol–water partition coefficient (Wildman–Crippen LogP) is 3.51. The van der Waals surface area contributed by atoms with E-state index in [4.69, 9.17) is 0 Å². The summed E-state index contributed by atoms with van der Waals surface area (Å²) in [5, 5.41) is 15.7. The van der Waals surface area contributed by atoms with E-state index in [9.17, 15) is 9.90 Å². The Balaban J connectivity index is 1.98. The second-order valence-corrected chi connectivity index (χ2v) is 6.92. The SMILES string of the molecule is CSC[C@](C)(O)CNC(=O)Nc1ccccc1Cc1ccccc1. The molecule has 1 atom stereocenters. The van der Waals surface area contributed by atoms with Gasteiger partial charge in [-0.05, 0) is 36.8 Å². The summed E-state index contributed by atoms with van der Waals surface area (Å²) in [6, 6.07) is 17.6. The Kier molecular flexibility index (Phi) is 6.70. The van der Waals surface area contributed by atoms with Crippen molar-refractivity contribution in [2.75, 3.05) is 23.9 Å². The van der Waals surface area contributed by atoms with Gasteiger partial charge in [0, 0.05) is 18.0 Å². The summed E-state index contributed by atoms with van der Waals surface area (Å²) in [5.41, 5.74) is 2.11. The normalized spacial score (nSPS) is 13.1. The van der Waals surface area contributed by atoms with Crippen molar-refractivity contribution >= 4 is 23.5 Å². The van der Waals surface area contributed by atoms with Gasteiger partial charge in [-0.2, -0.15) is 11.8 Å². The van der Waals surface area contributed by atoms with E-state index in [2.05, 4.69) is 22.8 Å². The Morgan fingerprint density at radius 2 is 1.79 bits per heavy atom. The lowest BCUT2D eigenvalue weighted by Crippen LogP contribution is -2.44. The van der Waals surface area contributed by atoms with Crippen molar-refractivity contribution in [1.29, 1.82) is 0 Å². The Morgan fingerprint density at radius 1 is 1.12 bits per heavy atom. The van der Waals surface area contributed by atoms with Crippen LogP contribution in [0.3, 0.4) is 0 Å². The summed E-state index contributed by atoms with van der Waals surface area (Å²) in [7, 11) is 0. The van der Waals surface area contributed by atoms with Crippen molar-refractivity contribution in [1.82, 2.24) is 5.32 Å². The molecule has 4 nitrogen and oxygen atoms in total. The quantitative estimate of drug-likeness (QED) is 0.720. The van der Waals surface area contributed by atoms with Gasteiger partial charge >= 0.3 is 6.03 Å². The van der Waals surface area contributed by atoms with Crippen molar-refractivity contribution in [3.8, 4) is 0 Å². The maximum absolute atomic E-state index is 12.1. The predicted molar refractivity (Wildman–Crippen MR) is 102 cm³/mol. The molecule has 0 saturated carbocycles. The minimum Gasteiger partial charge on any atom is -0.387 e. The minimum absolute atomic E-state index is 0.209. The lowest BCUT2D eigenvalue weighted by Gasteiger charge is -2.22. The number of rotatable bonds is 7. The van der Waals surface area contributed by atoms with Crippen molar-refractivity contribution in [3.05, 3.63) is 65.7 Å². The first kappa shape index (κ1) is 18.4. The maximum atomic E-state index is 12.1.